The number of carbonyl (C=O) groups excluding carboxylic acids is 1. The number of hydrogen-bond donors (Lipinski definition) is 0. The maximum atomic E-state index is 12.8. The van der Waals surface area contributed by atoms with Gasteiger partial charge in [0.05, 0.1) is 0 Å². The van der Waals surface area contributed by atoms with Crippen LogP contribution in [0.1, 0.15) is 38.3 Å². The van der Waals surface area contributed by atoms with E-state index in [1.165, 1.54) is 6.33 Å². The quantitative estimate of drug-likeness (QED) is 0.585. The van der Waals surface area contributed by atoms with Gasteiger partial charge >= 0.3 is 0 Å². The van der Waals surface area contributed by atoms with Gasteiger partial charge < -0.3 is 18.9 Å². The Hall–Kier alpha value is -3.01. The van der Waals surface area contributed by atoms with Crippen molar-refractivity contribution in [1.82, 2.24) is 34.2 Å². The summed E-state index contributed by atoms with van der Waals surface area (Å²) in [5.41, 5.74) is 3.25. The molecule has 5 heterocycles. The second-order valence-electron chi connectivity index (χ2n) is 8.86. The van der Waals surface area contributed by atoms with Crippen LogP contribution in [-0.2, 0) is 23.1 Å². The summed E-state index contributed by atoms with van der Waals surface area (Å²) in [5, 5.41) is 4.66. The summed E-state index contributed by atoms with van der Waals surface area (Å²) < 4.78 is 15.6. The van der Waals surface area contributed by atoms with Gasteiger partial charge in [0, 0.05) is 64.3 Å². The Morgan fingerprint density at radius 1 is 1.18 bits per heavy atom. The lowest BCUT2D eigenvalue weighted by Crippen LogP contribution is -2.45. The number of nitrogens with zero attached hydrogens (tertiary/aromatic N) is 7. The van der Waals surface area contributed by atoms with E-state index in [2.05, 4.69) is 22.0 Å². The molecule has 10 heteroatoms. The van der Waals surface area contributed by atoms with Gasteiger partial charge in [0.15, 0.2) is 17.0 Å². The van der Waals surface area contributed by atoms with Crippen LogP contribution in [0.3, 0.4) is 0 Å². The maximum absolute atomic E-state index is 12.8. The molecule has 0 N–H and O–H groups in total. The lowest BCUT2D eigenvalue weighted by atomic mass is 9.97. The van der Waals surface area contributed by atoms with Crippen LogP contribution in [-0.4, -0.2) is 72.5 Å². The molecule has 0 spiro atoms. The zero-order valence-corrected chi connectivity index (χ0v) is 19.5. The Morgan fingerprint density at radius 2 is 1.94 bits per heavy atom. The van der Waals surface area contributed by atoms with Gasteiger partial charge in [-0.15, -0.1) is 0 Å². The Bertz CT molecular complexity index is 1140. The van der Waals surface area contributed by atoms with Gasteiger partial charge in [-0.2, -0.15) is 10.1 Å². The third kappa shape index (κ3) is 4.19. The molecule has 0 unspecified atom stereocenters. The number of aromatic nitrogens is 6. The average molecular weight is 454 g/mol. The first-order valence-electron chi connectivity index (χ1n) is 11.8. The van der Waals surface area contributed by atoms with Crippen LogP contribution >= 0.6 is 0 Å². The van der Waals surface area contributed by atoms with Crippen LogP contribution in [0.2, 0.25) is 0 Å². The van der Waals surface area contributed by atoms with E-state index in [4.69, 9.17) is 14.5 Å². The van der Waals surface area contributed by atoms with Crippen molar-refractivity contribution >= 4 is 17.1 Å². The lowest BCUT2D eigenvalue weighted by Gasteiger charge is -2.35. The molecule has 3 aromatic rings. The number of aryl methyl sites for hydroxylation is 3. The molecular weight excluding hydrogens is 422 g/mol. The Balaban J connectivity index is 1.30. The summed E-state index contributed by atoms with van der Waals surface area (Å²) in [5.74, 6) is 1.59. The van der Waals surface area contributed by atoms with Gasteiger partial charge in [-0.1, -0.05) is 0 Å². The molecule has 33 heavy (non-hydrogen) atoms. The molecule has 0 atom stereocenters. The fourth-order valence-corrected chi connectivity index (χ4v) is 4.79. The zero-order valence-electron chi connectivity index (χ0n) is 19.5. The highest BCUT2D eigenvalue weighted by molar-refractivity contribution is 5.80. The summed E-state index contributed by atoms with van der Waals surface area (Å²) in [4.78, 5) is 28.4. The molecule has 2 aliphatic heterocycles. The van der Waals surface area contributed by atoms with E-state index >= 15 is 0 Å². The van der Waals surface area contributed by atoms with E-state index < -0.39 is 0 Å². The topological polar surface area (TPSA) is 100 Å². The van der Waals surface area contributed by atoms with Gasteiger partial charge in [-0.3, -0.25) is 9.48 Å². The Morgan fingerprint density at radius 3 is 2.64 bits per heavy atom. The number of carbonyl (C=O) groups is 1. The third-order valence-electron chi connectivity index (χ3n) is 6.73. The normalized spacial score (nSPS) is 18.2. The summed E-state index contributed by atoms with van der Waals surface area (Å²) in [7, 11) is 1.93. The minimum absolute atomic E-state index is 0.00570. The van der Waals surface area contributed by atoms with Crippen molar-refractivity contribution in [2.75, 3.05) is 26.3 Å². The molecule has 176 valence electrons. The van der Waals surface area contributed by atoms with Crippen LogP contribution < -0.4 is 4.74 Å². The lowest BCUT2D eigenvalue weighted by molar-refractivity contribution is -0.140. The van der Waals surface area contributed by atoms with E-state index in [0.717, 1.165) is 49.4 Å². The number of imidazole rings is 1. The van der Waals surface area contributed by atoms with Crippen LogP contribution in [0.4, 0.5) is 0 Å². The van der Waals surface area contributed by atoms with E-state index in [0.29, 0.717) is 43.3 Å². The standard InChI is InChI=1S/C23H31N7O3/c1-4-30-15(2)13-18(27-30)20-26-19-21(28(20)3)24-14-25-22(19)33-17-5-9-29(10-6-17)23(31)16-7-11-32-12-8-16/h13-14,16-17H,4-12H2,1-3H3. The molecule has 5 rings (SSSR count). The third-order valence-corrected chi connectivity index (χ3v) is 6.73. The molecule has 0 aliphatic carbocycles. The first kappa shape index (κ1) is 21.8. The van der Waals surface area contributed by atoms with Crippen molar-refractivity contribution in [3.8, 4) is 17.4 Å². The number of rotatable bonds is 5. The second kappa shape index (κ2) is 9.09. The van der Waals surface area contributed by atoms with E-state index in [1.807, 2.05) is 34.2 Å². The minimum Gasteiger partial charge on any atom is -0.473 e. The number of hydrogen-bond acceptors (Lipinski definition) is 7. The van der Waals surface area contributed by atoms with E-state index in [1.54, 1.807) is 0 Å². The first-order chi connectivity index (χ1) is 16.0. The molecule has 1 amide bonds. The maximum Gasteiger partial charge on any atom is 0.245 e. The highest BCUT2D eigenvalue weighted by Crippen LogP contribution is 2.29. The van der Waals surface area contributed by atoms with Gasteiger partial charge in [0.2, 0.25) is 11.8 Å². The monoisotopic (exact) mass is 453 g/mol. The molecule has 10 nitrogen and oxygen atoms in total. The van der Waals surface area contributed by atoms with Crippen molar-refractivity contribution in [2.45, 2.75) is 52.2 Å². The Kier molecular flexibility index (Phi) is 6.01. The average Bonchev–Trinajstić information content (AvgIpc) is 3.39. The van der Waals surface area contributed by atoms with Crippen molar-refractivity contribution in [2.24, 2.45) is 13.0 Å². The second-order valence-corrected chi connectivity index (χ2v) is 8.86. The van der Waals surface area contributed by atoms with E-state index in [-0.39, 0.29) is 17.9 Å². The molecule has 0 saturated carbocycles. The van der Waals surface area contributed by atoms with Crippen molar-refractivity contribution in [3.05, 3.63) is 18.1 Å². The SMILES string of the molecule is CCn1nc(-c2nc3c(OC4CCN(C(=O)C5CCOCC5)CC4)ncnc3n2C)cc1C. The highest BCUT2D eigenvalue weighted by atomic mass is 16.5. The number of fused-ring (bicyclic) bond motifs is 1. The molecule has 2 aliphatic rings. The van der Waals surface area contributed by atoms with Gasteiger partial charge in [-0.25, -0.2) is 9.97 Å². The van der Waals surface area contributed by atoms with Crippen LogP contribution in [0, 0.1) is 12.8 Å². The summed E-state index contributed by atoms with van der Waals surface area (Å²) in [6, 6.07) is 2.03. The van der Waals surface area contributed by atoms with Crippen molar-refractivity contribution in [1.29, 1.82) is 0 Å². The molecule has 2 saturated heterocycles. The highest BCUT2D eigenvalue weighted by Gasteiger charge is 2.30. The fraction of sp³-hybridized carbons (Fsp3) is 0.609. The van der Waals surface area contributed by atoms with Crippen molar-refractivity contribution in [3.63, 3.8) is 0 Å². The van der Waals surface area contributed by atoms with Crippen LogP contribution in [0.15, 0.2) is 12.4 Å². The molecule has 2 fully saturated rings. The smallest absolute Gasteiger partial charge is 0.245 e. The van der Waals surface area contributed by atoms with Gasteiger partial charge in [0.25, 0.3) is 0 Å². The predicted molar refractivity (Wildman–Crippen MR) is 122 cm³/mol. The summed E-state index contributed by atoms with van der Waals surface area (Å²) >= 11 is 0. The molecule has 3 aromatic heterocycles. The number of amides is 1. The zero-order chi connectivity index (χ0) is 22.9. The number of piperidine rings is 1. The fourth-order valence-electron chi connectivity index (χ4n) is 4.79. The summed E-state index contributed by atoms with van der Waals surface area (Å²) in [6.45, 7) is 7.69. The minimum atomic E-state index is -0.00570. The van der Waals surface area contributed by atoms with Gasteiger partial charge in [-0.05, 0) is 32.8 Å². The van der Waals surface area contributed by atoms with E-state index in [9.17, 15) is 4.79 Å². The van der Waals surface area contributed by atoms with Crippen LogP contribution in [0.5, 0.6) is 5.88 Å². The number of ether oxygens (including phenoxy) is 2. The Labute approximate surface area is 192 Å². The largest absolute Gasteiger partial charge is 0.473 e. The van der Waals surface area contributed by atoms with Crippen LogP contribution in [0.25, 0.3) is 22.7 Å². The molecule has 0 radical (unpaired) electrons. The van der Waals surface area contributed by atoms with Gasteiger partial charge in [0.1, 0.15) is 18.1 Å². The molecule has 0 bridgehead atoms. The molecule has 0 aromatic carbocycles. The number of likely N-dealkylation sites (tertiary alicyclic amines) is 1. The first-order valence-corrected chi connectivity index (χ1v) is 11.8. The predicted octanol–water partition coefficient (Wildman–Crippen LogP) is 2.35. The molecular formula is C23H31N7O3. The van der Waals surface area contributed by atoms with Crippen molar-refractivity contribution < 1.29 is 14.3 Å². The summed E-state index contributed by atoms with van der Waals surface area (Å²) in [6.07, 6.45) is 4.72.